The highest BCUT2D eigenvalue weighted by Crippen LogP contribution is 2.20. The molecule has 3 rings (SSSR count). The summed E-state index contributed by atoms with van der Waals surface area (Å²) in [6.07, 6.45) is 0.841. The van der Waals surface area contributed by atoms with Crippen molar-refractivity contribution >= 4 is 22.4 Å². The molecule has 0 bridgehead atoms. The third-order valence-corrected chi connectivity index (χ3v) is 4.50. The first kappa shape index (κ1) is 18.9. The fourth-order valence-electron chi connectivity index (χ4n) is 2.35. The molecule has 3 aromatic rings. The normalized spacial score (nSPS) is 11.0. The fourth-order valence-corrected chi connectivity index (χ4v) is 3.30. The van der Waals surface area contributed by atoms with Crippen LogP contribution in [-0.4, -0.2) is 36.3 Å². The maximum Gasteiger partial charge on any atom is 0.257 e. The maximum absolute atomic E-state index is 12.5. The molecule has 27 heavy (non-hydrogen) atoms. The summed E-state index contributed by atoms with van der Waals surface area (Å²) in [4.78, 5) is 12.5. The standard InChI is InChI=1S/C17H21N7O2S/c1-4-24-14(19-22-23-24)10-26-13-7-5-6-12(9-13)16(25)18-17-21-20-15(27-17)8-11(2)3/h5-7,9,11H,4,8,10H2,1-3H3,(H,18,21,25). The number of nitrogens with zero attached hydrogens (tertiary/aromatic N) is 6. The lowest BCUT2D eigenvalue weighted by Crippen LogP contribution is -2.12. The van der Waals surface area contributed by atoms with E-state index in [4.69, 9.17) is 4.74 Å². The van der Waals surface area contributed by atoms with Gasteiger partial charge in [-0.2, -0.15) is 0 Å². The van der Waals surface area contributed by atoms with Crippen LogP contribution in [0.2, 0.25) is 0 Å². The molecule has 10 heteroatoms. The minimum absolute atomic E-state index is 0.223. The number of carbonyl (C=O) groups is 1. The molecule has 0 atom stereocenters. The lowest BCUT2D eigenvalue weighted by Gasteiger charge is -2.07. The number of nitrogens with one attached hydrogen (secondary N) is 1. The lowest BCUT2D eigenvalue weighted by molar-refractivity contribution is 0.102. The SMILES string of the molecule is CCn1nnnc1COc1cccc(C(=O)Nc2nnc(CC(C)C)s2)c1. The second-order valence-corrected chi connectivity index (χ2v) is 7.34. The van der Waals surface area contributed by atoms with Crippen LogP contribution in [0.3, 0.4) is 0 Å². The molecule has 2 aromatic heterocycles. The van der Waals surface area contributed by atoms with E-state index < -0.39 is 0 Å². The summed E-state index contributed by atoms with van der Waals surface area (Å²) in [6, 6.07) is 6.93. The Labute approximate surface area is 160 Å². The summed E-state index contributed by atoms with van der Waals surface area (Å²) >= 11 is 1.39. The van der Waals surface area contributed by atoms with Crippen molar-refractivity contribution in [1.29, 1.82) is 0 Å². The van der Waals surface area contributed by atoms with Gasteiger partial charge in [0.15, 0.2) is 5.82 Å². The quantitative estimate of drug-likeness (QED) is 0.633. The average molecular weight is 387 g/mol. The van der Waals surface area contributed by atoms with E-state index in [0.717, 1.165) is 11.4 Å². The van der Waals surface area contributed by atoms with Crippen molar-refractivity contribution in [2.45, 2.75) is 40.3 Å². The molecule has 0 saturated carbocycles. The van der Waals surface area contributed by atoms with Gasteiger partial charge in [-0.15, -0.1) is 15.3 Å². The molecule has 1 N–H and O–H groups in total. The summed E-state index contributed by atoms with van der Waals surface area (Å²) in [5, 5.41) is 23.7. The van der Waals surface area contributed by atoms with Gasteiger partial charge >= 0.3 is 0 Å². The molecule has 0 saturated heterocycles. The van der Waals surface area contributed by atoms with Gasteiger partial charge in [-0.3, -0.25) is 10.1 Å². The number of hydrogen-bond donors (Lipinski definition) is 1. The van der Waals surface area contributed by atoms with Gasteiger partial charge in [-0.1, -0.05) is 31.3 Å². The number of ether oxygens (including phenoxy) is 1. The van der Waals surface area contributed by atoms with Crippen molar-refractivity contribution in [1.82, 2.24) is 30.4 Å². The Hall–Kier alpha value is -2.88. The van der Waals surface area contributed by atoms with Crippen molar-refractivity contribution in [2.24, 2.45) is 5.92 Å². The highest BCUT2D eigenvalue weighted by atomic mass is 32.1. The number of benzene rings is 1. The van der Waals surface area contributed by atoms with E-state index in [1.165, 1.54) is 11.3 Å². The Balaban J connectivity index is 1.62. The summed E-state index contributed by atoms with van der Waals surface area (Å²) in [6.45, 7) is 7.06. The van der Waals surface area contributed by atoms with Crippen LogP contribution in [-0.2, 0) is 19.6 Å². The van der Waals surface area contributed by atoms with Gasteiger partial charge in [-0.05, 0) is 41.5 Å². The van der Waals surface area contributed by atoms with Crippen LogP contribution in [0.25, 0.3) is 0 Å². The van der Waals surface area contributed by atoms with Gasteiger partial charge < -0.3 is 4.74 Å². The summed E-state index contributed by atoms with van der Waals surface area (Å²) in [5.74, 6) is 1.42. The van der Waals surface area contributed by atoms with E-state index in [-0.39, 0.29) is 12.5 Å². The Morgan fingerprint density at radius 2 is 2.15 bits per heavy atom. The minimum Gasteiger partial charge on any atom is -0.486 e. The van der Waals surface area contributed by atoms with Crippen molar-refractivity contribution < 1.29 is 9.53 Å². The van der Waals surface area contributed by atoms with Gasteiger partial charge in [0.25, 0.3) is 5.91 Å². The molecule has 0 aliphatic heterocycles. The molecule has 1 aromatic carbocycles. The van der Waals surface area contributed by atoms with Crippen LogP contribution in [0, 0.1) is 5.92 Å². The molecule has 142 valence electrons. The topological polar surface area (TPSA) is 108 Å². The summed E-state index contributed by atoms with van der Waals surface area (Å²) in [5.41, 5.74) is 0.475. The Morgan fingerprint density at radius 3 is 2.93 bits per heavy atom. The zero-order chi connectivity index (χ0) is 19.2. The number of rotatable bonds is 8. The Bertz CT molecular complexity index is 906. The molecule has 0 aliphatic rings. The number of aryl methyl sites for hydroxylation is 1. The molecular formula is C17H21N7O2S. The largest absolute Gasteiger partial charge is 0.486 e. The molecule has 9 nitrogen and oxygen atoms in total. The number of hydrogen-bond acceptors (Lipinski definition) is 8. The minimum atomic E-state index is -0.258. The number of tetrazole rings is 1. The van der Waals surface area contributed by atoms with Gasteiger partial charge in [0.2, 0.25) is 5.13 Å². The molecular weight excluding hydrogens is 366 g/mol. The zero-order valence-corrected chi connectivity index (χ0v) is 16.2. The van der Waals surface area contributed by atoms with E-state index in [2.05, 4.69) is 44.9 Å². The van der Waals surface area contributed by atoms with Crippen LogP contribution in [0.5, 0.6) is 5.75 Å². The first-order valence-corrected chi connectivity index (χ1v) is 9.48. The first-order valence-electron chi connectivity index (χ1n) is 8.66. The maximum atomic E-state index is 12.5. The van der Waals surface area contributed by atoms with Crippen LogP contribution < -0.4 is 10.1 Å². The van der Waals surface area contributed by atoms with Crippen molar-refractivity contribution in [2.75, 3.05) is 5.32 Å². The fraction of sp³-hybridized carbons (Fsp3) is 0.412. The molecule has 1 amide bonds. The second kappa shape index (κ2) is 8.67. The van der Waals surface area contributed by atoms with Crippen molar-refractivity contribution in [3.05, 3.63) is 40.7 Å². The van der Waals surface area contributed by atoms with Gasteiger partial charge in [0.1, 0.15) is 17.4 Å². The summed E-state index contributed by atoms with van der Waals surface area (Å²) in [7, 11) is 0. The molecule has 0 aliphatic carbocycles. The smallest absolute Gasteiger partial charge is 0.257 e. The average Bonchev–Trinajstić information content (AvgIpc) is 3.28. The number of amides is 1. The zero-order valence-electron chi connectivity index (χ0n) is 15.4. The lowest BCUT2D eigenvalue weighted by atomic mass is 10.1. The predicted molar refractivity (Wildman–Crippen MR) is 101 cm³/mol. The van der Waals surface area contributed by atoms with Crippen LogP contribution >= 0.6 is 11.3 Å². The number of aromatic nitrogens is 6. The van der Waals surface area contributed by atoms with E-state index in [0.29, 0.717) is 34.7 Å². The monoisotopic (exact) mass is 387 g/mol. The molecule has 0 fully saturated rings. The van der Waals surface area contributed by atoms with E-state index in [1.807, 2.05) is 6.92 Å². The van der Waals surface area contributed by atoms with E-state index in [9.17, 15) is 4.79 Å². The Morgan fingerprint density at radius 1 is 1.30 bits per heavy atom. The van der Waals surface area contributed by atoms with Crippen LogP contribution in [0.1, 0.15) is 42.0 Å². The number of carbonyl (C=O) groups excluding carboxylic acids is 1. The van der Waals surface area contributed by atoms with Crippen LogP contribution in [0.4, 0.5) is 5.13 Å². The van der Waals surface area contributed by atoms with Crippen LogP contribution in [0.15, 0.2) is 24.3 Å². The highest BCUT2D eigenvalue weighted by Gasteiger charge is 2.12. The van der Waals surface area contributed by atoms with Gasteiger partial charge in [0, 0.05) is 18.5 Å². The van der Waals surface area contributed by atoms with Gasteiger partial charge in [0.05, 0.1) is 0 Å². The van der Waals surface area contributed by atoms with Crippen molar-refractivity contribution in [3.8, 4) is 5.75 Å². The van der Waals surface area contributed by atoms with E-state index >= 15 is 0 Å². The third-order valence-electron chi connectivity index (χ3n) is 3.64. The highest BCUT2D eigenvalue weighted by molar-refractivity contribution is 7.15. The second-order valence-electron chi connectivity index (χ2n) is 6.28. The predicted octanol–water partition coefficient (Wildman–Crippen LogP) is 2.57. The molecule has 0 unspecified atom stereocenters. The number of anilines is 1. The third kappa shape index (κ3) is 5.07. The van der Waals surface area contributed by atoms with E-state index in [1.54, 1.807) is 28.9 Å². The van der Waals surface area contributed by atoms with Gasteiger partial charge in [-0.25, -0.2) is 4.68 Å². The Kier molecular flexibility index (Phi) is 6.07. The van der Waals surface area contributed by atoms with Crippen molar-refractivity contribution in [3.63, 3.8) is 0 Å². The first-order chi connectivity index (χ1) is 13.0. The molecule has 0 radical (unpaired) electrons. The summed E-state index contributed by atoms with van der Waals surface area (Å²) < 4.78 is 7.37. The molecule has 0 spiro atoms. The molecule has 2 heterocycles.